The van der Waals surface area contributed by atoms with Gasteiger partial charge in [0.25, 0.3) is 0 Å². The number of hydrogen-bond acceptors (Lipinski definition) is 3. The Hall–Kier alpha value is -2.04. The standard InChI is InChI=1S/C18H24N2O3/c1-19-12-14(11-17(19)21)18(22)20-8-4-6-15(20)9-13-5-3-7-16(10-13)23-2/h3,5,7,10,14-15H,4,6,8-9,11-12H2,1-2H3. The van der Waals surface area contributed by atoms with E-state index in [2.05, 4.69) is 6.07 Å². The maximum atomic E-state index is 12.8. The highest BCUT2D eigenvalue weighted by molar-refractivity contribution is 5.89. The quantitative estimate of drug-likeness (QED) is 0.849. The van der Waals surface area contributed by atoms with Crippen molar-refractivity contribution in [1.29, 1.82) is 0 Å². The van der Waals surface area contributed by atoms with Gasteiger partial charge >= 0.3 is 0 Å². The van der Waals surface area contributed by atoms with Crippen LogP contribution in [0.3, 0.4) is 0 Å². The lowest BCUT2D eigenvalue weighted by Crippen LogP contribution is -2.41. The highest BCUT2D eigenvalue weighted by Gasteiger charge is 2.38. The highest BCUT2D eigenvalue weighted by atomic mass is 16.5. The first kappa shape index (κ1) is 15.8. The summed E-state index contributed by atoms with van der Waals surface area (Å²) in [7, 11) is 3.44. The second-order valence-corrected chi connectivity index (χ2v) is 6.56. The molecule has 0 aliphatic carbocycles. The van der Waals surface area contributed by atoms with Gasteiger partial charge in [0.2, 0.25) is 11.8 Å². The van der Waals surface area contributed by atoms with Crippen molar-refractivity contribution in [2.45, 2.75) is 31.7 Å². The molecule has 1 aromatic rings. The molecule has 1 aromatic carbocycles. The van der Waals surface area contributed by atoms with Crippen molar-refractivity contribution in [3.63, 3.8) is 0 Å². The fraction of sp³-hybridized carbons (Fsp3) is 0.556. The molecule has 2 fully saturated rings. The van der Waals surface area contributed by atoms with Crippen molar-refractivity contribution in [3.8, 4) is 5.75 Å². The smallest absolute Gasteiger partial charge is 0.228 e. The van der Waals surface area contributed by atoms with Crippen molar-refractivity contribution in [2.24, 2.45) is 5.92 Å². The minimum absolute atomic E-state index is 0.0758. The van der Waals surface area contributed by atoms with E-state index in [-0.39, 0.29) is 23.8 Å². The summed E-state index contributed by atoms with van der Waals surface area (Å²) in [4.78, 5) is 28.1. The molecule has 0 N–H and O–H groups in total. The van der Waals surface area contributed by atoms with E-state index in [1.54, 1.807) is 19.1 Å². The average molecular weight is 316 g/mol. The Kier molecular flexibility index (Phi) is 4.55. The van der Waals surface area contributed by atoms with Crippen LogP contribution in [0.5, 0.6) is 5.75 Å². The molecule has 2 saturated heterocycles. The molecule has 5 nitrogen and oxygen atoms in total. The Labute approximate surface area is 137 Å². The maximum absolute atomic E-state index is 12.8. The first-order valence-electron chi connectivity index (χ1n) is 8.26. The van der Waals surface area contributed by atoms with Gasteiger partial charge in [0.1, 0.15) is 5.75 Å². The van der Waals surface area contributed by atoms with E-state index < -0.39 is 0 Å². The monoisotopic (exact) mass is 316 g/mol. The van der Waals surface area contributed by atoms with Crippen LogP contribution < -0.4 is 4.74 Å². The van der Waals surface area contributed by atoms with Crippen molar-refractivity contribution in [3.05, 3.63) is 29.8 Å². The number of likely N-dealkylation sites (tertiary alicyclic amines) is 2. The van der Waals surface area contributed by atoms with Gasteiger partial charge in [-0.1, -0.05) is 12.1 Å². The van der Waals surface area contributed by atoms with E-state index in [0.29, 0.717) is 13.0 Å². The molecule has 2 heterocycles. The van der Waals surface area contributed by atoms with Crippen LogP contribution in [0.1, 0.15) is 24.8 Å². The van der Waals surface area contributed by atoms with Crippen LogP contribution in [0.25, 0.3) is 0 Å². The number of carbonyl (C=O) groups is 2. The molecule has 3 rings (SSSR count). The third-order valence-electron chi connectivity index (χ3n) is 4.96. The largest absolute Gasteiger partial charge is 0.497 e. The maximum Gasteiger partial charge on any atom is 0.228 e. The Bertz CT molecular complexity index is 602. The Morgan fingerprint density at radius 1 is 1.39 bits per heavy atom. The van der Waals surface area contributed by atoms with Gasteiger partial charge in [-0.05, 0) is 37.0 Å². The van der Waals surface area contributed by atoms with E-state index in [1.807, 2.05) is 23.1 Å². The Morgan fingerprint density at radius 3 is 2.91 bits per heavy atom. The summed E-state index contributed by atoms with van der Waals surface area (Å²) >= 11 is 0. The van der Waals surface area contributed by atoms with E-state index in [4.69, 9.17) is 4.74 Å². The summed E-state index contributed by atoms with van der Waals surface area (Å²) in [5.41, 5.74) is 1.19. The lowest BCUT2D eigenvalue weighted by Gasteiger charge is -2.27. The van der Waals surface area contributed by atoms with Crippen molar-refractivity contribution in [1.82, 2.24) is 9.80 Å². The molecule has 5 heteroatoms. The molecule has 0 radical (unpaired) electrons. The number of hydrogen-bond donors (Lipinski definition) is 0. The predicted octanol–water partition coefficient (Wildman–Crippen LogP) is 1.71. The van der Waals surface area contributed by atoms with Gasteiger partial charge < -0.3 is 14.5 Å². The van der Waals surface area contributed by atoms with Gasteiger partial charge in [-0.25, -0.2) is 0 Å². The van der Waals surface area contributed by atoms with Crippen LogP contribution in [0.4, 0.5) is 0 Å². The summed E-state index contributed by atoms with van der Waals surface area (Å²) in [6.45, 7) is 1.36. The summed E-state index contributed by atoms with van der Waals surface area (Å²) in [5.74, 6) is 0.903. The number of methoxy groups -OCH3 is 1. The fourth-order valence-corrected chi connectivity index (χ4v) is 3.67. The van der Waals surface area contributed by atoms with E-state index >= 15 is 0 Å². The molecule has 2 aliphatic heterocycles. The molecule has 124 valence electrons. The van der Waals surface area contributed by atoms with Crippen LogP contribution in [0, 0.1) is 5.92 Å². The molecule has 0 spiro atoms. The van der Waals surface area contributed by atoms with Crippen molar-refractivity contribution < 1.29 is 14.3 Å². The van der Waals surface area contributed by atoms with Crippen LogP contribution >= 0.6 is 0 Å². The molecule has 2 aliphatic rings. The predicted molar refractivity (Wildman–Crippen MR) is 87.2 cm³/mol. The molecule has 23 heavy (non-hydrogen) atoms. The minimum Gasteiger partial charge on any atom is -0.497 e. The molecular formula is C18H24N2O3. The van der Waals surface area contributed by atoms with Crippen LogP contribution in [0.15, 0.2) is 24.3 Å². The molecule has 2 atom stereocenters. The number of ether oxygens (including phenoxy) is 1. The Morgan fingerprint density at radius 2 is 2.22 bits per heavy atom. The summed E-state index contributed by atoms with van der Waals surface area (Å²) in [5, 5.41) is 0. The third-order valence-corrected chi connectivity index (χ3v) is 4.96. The lowest BCUT2D eigenvalue weighted by atomic mass is 10.0. The number of amides is 2. The van der Waals surface area contributed by atoms with Gasteiger partial charge in [0.15, 0.2) is 0 Å². The zero-order valence-corrected chi connectivity index (χ0v) is 13.8. The molecule has 0 bridgehead atoms. The molecule has 2 unspecified atom stereocenters. The van der Waals surface area contributed by atoms with Gasteiger partial charge in [0, 0.05) is 32.6 Å². The highest BCUT2D eigenvalue weighted by Crippen LogP contribution is 2.27. The summed E-state index contributed by atoms with van der Waals surface area (Å²) in [6, 6.07) is 8.26. The van der Waals surface area contributed by atoms with Crippen LogP contribution in [-0.4, -0.2) is 54.9 Å². The lowest BCUT2D eigenvalue weighted by molar-refractivity contribution is -0.136. The van der Waals surface area contributed by atoms with Gasteiger partial charge in [0.05, 0.1) is 13.0 Å². The van der Waals surface area contributed by atoms with E-state index in [9.17, 15) is 9.59 Å². The fourth-order valence-electron chi connectivity index (χ4n) is 3.67. The van der Waals surface area contributed by atoms with E-state index in [1.165, 1.54) is 5.56 Å². The second kappa shape index (κ2) is 6.60. The SMILES string of the molecule is COc1cccc(CC2CCCN2C(=O)C2CC(=O)N(C)C2)c1. The number of nitrogens with zero attached hydrogens (tertiary/aromatic N) is 2. The third kappa shape index (κ3) is 3.33. The summed E-state index contributed by atoms with van der Waals surface area (Å²) < 4.78 is 5.27. The van der Waals surface area contributed by atoms with Crippen LogP contribution in [0.2, 0.25) is 0 Å². The zero-order valence-electron chi connectivity index (χ0n) is 13.8. The normalized spacial score (nSPS) is 24.3. The van der Waals surface area contributed by atoms with Gasteiger partial charge in [-0.3, -0.25) is 9.59 Å². The molecule has 0 saturated carbocycles. The molecule has 2 amide bonds. The van der Waals surface area contributed by atoms with Gasteiger partial charge in [-0.15, -0.1) is 0 Å². The average Bonchev–Trinajstić information content (AvgIpc) is 3.14. The first-order chi connectivity index (χ1) is 11.1. The molecule has 0 aromatic heterocycles. The number of carbonyl (C=O) groups excluding carboxylic acids is 2. The summed E-state index contributed by atoms with van der Waals surface area (Å²) in [6.07, 6.45) is 3.27. The topological polar surface area (TPSA) is 49.9 Å². The van der Waals surface area contributed by atoms with Gasteiger partial charge in [-0.2, -0.15) is 0 Å². The first-order valence-corrected chi connectivity index (χ1v) is 8.26. The minimum atomic E-state index is -0.168. The molecular weight excluding hydrogens is 292 g/mol. The number of rotatable bonds is 4. The van der Waals surface area contributed by atoms with E-state index in [0.717, 1.165) is 31.6 Å². The second-order valence-electron chi connectivity index (χ2n) is 6.56. The van der Waals surface area contributed by atoms with Crippen LogP contribution in [-0.2, 0) is 16.0 Å². The zero-order chi connectivity index (χ0) is 16.4. The number of benzene rings is 1. The van der Waals surface area contributed by atoms with Crippen molar-refractivity contribution in [2.75, 3.05) is 27.2 Å². The Balaban J connectivity index is 1.67. The van der Waals surface area contributed by atoms with Crippen molar-refractivity contribution >= 4 is 11.8 Å².